The van der Waals surface area contributed by atoms with Crippen LogP contribution in [0.1, 0.15) is 16.7 Å². The van der Waals surface area contributed by atoms with E-state index in [1.54, 1.807) is 30.3 Å². The Morgan fingerprint density at radius 2 is 1.86 bits per heavy atom. The summed E-state index contributed by atoms with van der Waals surface area (Å²) in [5.41, 5.74) is 2.51. The van der Waals surface area contributed by atoms with Crippen LogP contribution >= 0.6 is 50.9 Å². The highest BCUT2D eigenvalue weighted by molar-refractivity contribution is 9.10. The Morgan fingerprint density at radius 1 is 1.03 bits per heavy atom. The molecule has 5 nitrogen and oxygen atoms in total. The average Bonchev–Trinajstić information content (AvgIpc) is 3.07. The highest BCUT2D eigenvalue weighted by Gasteiger charge is 2.35. The summed E-state index contributed by atoms with van der Waals surface area (Å²) < 4.78 is 12.5. The molecule has 3 aromatic carbocycles. The van der Waals surface area contributed by atoms with Gasteiger partial charge in [-0.05, 0) is 72.8 Å². The maximum atomic E-state index is 12.9. The van der Waals surface area contributed by atoms with E-state index in [9.17, 15) is 9.59 Å². The van der Waals surface area contributed by atoms with E-state index >= 15 is 0 Å². The van der Waals surface area contributed by atoms with Crippen LogP contribution in [0, 0.1) is 6.92 Å². The number of hydrogen-bond donors (Lipinski definition) is 0. The number of carbonyl (C=O) groups is 2. The quantitative estimate of drug-likeness (QED) is 0.250. The fourth-order valence-corrected chi connectivity index (χ4v) is 5.05. The molecule has 0 aliphatic carbocycles. The van der Waals surface area contributed by atoms with E-state index in [4.69, 9.17) is 32.7 Å². The number of thioether (sulfide) groups is 1. The number of rotatable bonds is 8. The molecular weight excluding hydrogens is 573 g/mol. The second-order valence-electron chi connectivity index (χ2n) is 7.70. The van der Waals surface area contributed by atoms with Crippen molar-refractivity contribution in [3.8, 4) is 11.5 Å². The normalized spacial score (nSPS) is 14.6. The second kappa shape index (κ2) is 11.5. The van der Waals surface area contributed by atoms with Gasteiger partial charge in [-0.15, -0.1) is 0 Å². The Hall–Kier alpha value is -2.45. The molecule has 0 N–H and O–H groups in total. The molecule has 1 fully saturated rings. The molecule has 0 bridgehead atoms. The van der Waals surface area contributed by atoms with Gasteiger partial charge in [0.1, 0.15) is 24.7 Å². The lowest BCUT2D eigenvalue weighted by Gasteiger charge is -2.13. The van der Waals surface area contributed by atoms with E-state index in [1.165, 1.54) is 4.90 Å². The van der Waals surface area contributed by atoms with Crippen molar-refractivity contribution in [2.24, 2.45) is 0 Å². The minimum atomic E-state index is -0.362. The van der Waals surface area contributed by atoms with Crippen LogP contribution in [0.25, 0.3) is 6.08 Å². The van der Waals surface area contributed by atoms with Crippen LogP contribution in [0.3, 0.4) is 0 Å². The van der Waals surface area contributed by atoms with Gasteiger partial charge in [-0.2, -0.15) is 0 Å². The summed E-state index contributed by atoms with van der Waals surface area (Å²) in [7, 11) is 0. The maximum absolute atomic E-state index is 12.9. The number of benzene rings is 3. The molecule has 1 aliphatic rings. The summed E-state index contributed by atoms with van der Waals surface area (Å²) in [4.78, 5) is 27.0. The Morgan fingerprint density at radius 3 is 2.63 bits per heavy atom. The van der Waals surface area contributed by atoms with Crippen molar-refractivity contribution in [1.29, 1.82) is 0 Å². The summed E-state index contributed by atoms with van der Waals surface area (Å²) in [6.45, 7) is 2.56. The van der Waals surface area contributed by atoms with Crippen LogP contribution in [-0.4, -0.2) is 29.2 Å². The third kappa shape index (κ3) is 6.61. The smallest absolute Gasteiger partial charge is 0.293 e. The number of halogens is 3. The first kappa shape index (κ1) is 25.6. The van der Waals surface area contributed by atoms with Crippen molar-refractivity contribution in [3.63, 3.8) is 0 Å². The molecule has 0 radical (unpaired) electrons. The van der Waals surface area contributed by atoms with Crippen LogP contribution in [-0.2, 0) is 11.4 Å². The SMILES string of the molecule is Cc1cccc(OCCN2C(=O)S/C(=C\c3cc(Br)ccc3OCc3ccc(Cl)cc3Cl)C2=O)c1. The lowest BCUT2D eigenvalue weighted by molar-refractivity contribution is -0.123. The molecule has 2 amide bonds. The minimum absolute atomic E-state index is 0.160. The van der Waals surface area contributed by atoms with Gasteiger partial charge in [0.05, 0.1) is 11.4 Å². The van der Waals surface area contributed by atoms with Gasteiger partial charge in [0.15, 0.2) is 0 Å². The maximum Gasteiger partial charge on any atom is 0.293 e. The lowest BCUT2D eigenvalue weighted by atomic mass is 10.1. The molecule has 1 heterocycles. The van der Waals surface area contributed by atoms with Crippen molar-refractivity contribution in [1.82, 2.24) is 4.90 Å². The van der Waals surface area contributed by atoms with Crippen molar-refractivity contribution in [2.75, 3.05) is 13.2 Å². The summed E-state index contributed by atoms with van der Waals surface area (Å²) >= 11 is 16.6. The topological polar surface area (TPSA) is 55.8 Å². The van der Waals surface area contributed by atoms with Crippen molar-refractivity contribution in [3.05, 3.63) is 96.8 Å². The number of imide groups is 1. The van der Waals surface area contributed by atoms with E-state index in [-0.39, 0.29) is 30.9 Å². The van der Waals surface area contributed by atoms with Crippen LogP contribution in [0.15, 0.2) is 70.0 Å². The highest BCUT2D eigenvalue weighted by atomic mass is 79.9. The molecule has 0 unspecified atom stereocenters. The number of ether oxygens (including phenoxy) is 2. The van der Waals surface area contributed by atoms with Crippen molar-refractivity contribution >= 4 is 68.1 Å². The number of aryl methyl sites for hydroxylation is 1. The van der Waals surface area contributed by atoms with Gasteiger partial charge in [-0.3, -0.25) is 14.5 Å². The summed E-state index contributed by atoms with van der Waals surface area (Å²) in [5, 5.41) is 0.716. The lowest BCUT2D eigenvalue weighted by Crippen LogP contribution is -2.32. The van der Waals surface area contributed by atoms with E-state index in [1.807, 2.05) is 43.3 Å². The Balaban J connectivity index is 1.46. The molecule has 180 valence electrons. The number of nitrogens with zero attached hydrogens (tertiary/aromatic N) is 1. The number of carbonyl (C=O) groups excluding carboxylic acids is 2. The first-order chi connectivity index (χ1) is 16.8. The van der Waals surface area contributed by atoms with Gasteiger partial charge in [-0.1, -0.05) is 57.3 Å². The highest BCUT2D eigenvalue weighted by Crippen LogP contribution is 2.35. The fourth-order valence-electron chi connectivity index (χ4n) is 3.35. The van der Waals surface area contributed by atoms with Gasteiger partial charge >= 0.3 is 0 Å². The van der Waals surface area contributed by atoms with E-state index in [0.29, 0.717) is 32.0 Å². The zero-order chi connectivity index (χ0) is 24.9. The third-order valence-corrected chi connectivity index (χ3v) is 7.09. The standard InChI is InChI=1S/C26H20BrCl2NO4S/c1-16-3-2-4-21(11-16)33-10-9-30-25(31)24(35-26(30)32)13-18-12-19(27)6-8-23(18)34-15-17-5-7-20(28)14-22(17)29/h2-8,11-14H,9-10,15H2,1H3/b24-13-. The Kier molecular flexibility index (Phi) is 8.44. The first-order valence-corrected chi connectivity index (χ1v) is 13.0. The molecule has 0 spiro atoms. The molecule has 9 heteroatoms. The second-order valence-corrected chi connectivity index (χ2v) is 10.5. The summed E-state index contributed by atoms with van der Waals surface area (Å²) in [6, 6.07) is 18.3. The van der Waals surface area contributed by atoms with Crippen LogP contribution in [0.4, 0.5) is 4.79 Å². The molecular formula is C26H20BrCl2NO4S. The monoisotopic (exact) mass is 591 g/mol. The van der Waals surface area contributed by atoms with Crippen LogP contribution < -0.4 is 9.47 Å². The zero-order valence-electron chi connectivity index (χ0n) is 18.6. The van der Waals surface area contributed by atoms with Gasteiger partial charge in [-0.25, -0.2) is 0 Å². The van der Waals surface area contributed by atoms with Crippen molar-refractivity contribution in [2.45, 2.75) is 13.5 Å². The summed E-state index contributed by atoms with van der Waals surface area (Å²) in [6.07, 6.45) is 1.66. The zero-order valence-corrected chi connectivity index (χ0v) is 22.5. The first-order valence-electron chi connectivity index (χ1n) is 10.6. The van der Waals surface area contributed by atoms with Gasteiger partial charge in [0, 0.05) is 25.6 Å². The summed E-state index contributed by atoms with van der Waals surface area (Å²) in [5.74, 6) is 0.887. The van der Waals surface area contributed by atoms with Crippen LogP contribution in [0.2, 0.25) is 10.0 Å². The average molecular weight is 593 g/mol. The fraction of sp³-hybridized carbons (Fsp3) is 0.154. The van der Waals surface area contributed by atoms with E-state index in [2.05, 4.69) is 15.9 Å². The predicted molar refractivity (Wildman–Crippen MR) is 144 cm³/mol. The molecule has 3 aromatic rings. The molecule has 0 atom stereocenters. The van der Waals surface area contributed by atoms with Gasteiger partial charge < -0.3 is 9.47 Å². The molecule has 1 saturated heterocycles. The largest absolute Gasteiger partial charge is 0.492 e. The Labute approximate surface area is 226 Å². The van der Waals surface area contributed by atoms with Gasteiger partial charge in [0.25, 0.3) is 11.1 Å². The molecule has 0 saturated carbocycles. The molecule has 0 aromatic heterocycles. The molecule has 4 rings (SSSR count). The van der Waals surface area contributed by atoms with Crippen LogP contribution in [0.5, 0.6) is 11.5 Å². The number of hydrogen-bond acceptors (Lipinski definition) is 5. The molecule has 1 aliphatic heterocycles. The van der Waals surface area contributed by atoms with Gasteiger partial charge in [0.2, 0.25) is 0 Å². The van der Waals surface area contributed by atoms with E-state index < -0.39 is 0 Å². The Bertz CT molecular complexity index is 1310. The third-order valence-electron chi connectivity index (χ3n) is 5.10. The predicted octanol–water partition coefficient (Wildman–Crippen LogP) is 7.76. The van der Waals surface area contributed by atoms with E-state index in [0.717, 1.165) is 27.4 Å². The number of amides is 2. The minimum Gasteiger partial charge on any atom is -0.492 e. The van der Waals surface area contributed by atoms with Crippen molar-refractivity contribution < 1.29 is 19.1 Å². The molecule has 35 heavy (non-hydrogen) atoms.